The van der Waals surface area contributed by atoms with Gasteiger partial charge in [0.05, 0.1) is 11.5 Å². The predicted molar refractivity (Wildman–Crippen MR) is 81.6 cm³/mol. The van der Waals surface area contributed by atoms with Gasteiger partial charge in [0, 0.05) is 25.6 Å². The molecule has 0 radical (unpaired) electrons. The van der Waals surface area contributed by atoms with E-state index in [2.05, 4.69) is 0 Å². The second kappa shape index (κ2) is 7.41. The van der Waals surface area contributed by atoms with Crippen LogP contribution in [0.1, 0.15) is 25.0 Å². The monoisotopic (exact) mass is 319 g/mol. The Kier molecular flexibility index (Phi) is 6.45. The summed E-state index contributed by atoms with van der Waals surface area (Å²) in [7, 11) is -1.97. The van der Waals surface area contributed by atoms with Gasteiger partial charge >= 0.3 is 0 Å². The average Bonchev–Trinajstić information content (AvgIpc) is 2.38. The maximum atomic E-state index is 12.7. The van der Waals surface area contributed by atoms with Crippen LogP contribution in [-0.2, 0) is 20.6 Å². The summed E-state index contributed by atoms with van der Waals surface area (Å²) in [5.41, 5.74) is 1.83. The van der Waals surface area contributed by atoms with Gasteiger partial charge in [0.1, 0.15) is 0 Å². The van der Waals surface area contributed by atoms with Gasteiger partial charge in [-0.2, -0.15) is 4.31 Å². The summed E-state index contributed by atoms with van der Waals surface area (Å²) in [6.45, 7) is 6.32. The van der Waals surface area contributed by atoms with Crippen LogP contribution in [0.25, 0.3) is 0 Å². The highest BCUT2D eigenvalue weighted by molar-refractivity contribution is 7.89. The molecule has 6 heteroatoms. The molecule has 0 aliphatic heterocycles. The van der Waals surface area contributed by atoms with Crippen molar-refractivity contribution in [3.8, 4) is 0 Å². The number of hydrogen-bond donors (Lipinski definition) is 0. The lowest BCUT2D eigenvalue weighted by Crippen LogP contribution is -2.39. The summed E-state index contributed by atoms with van der Waals surface area (Å²) in [5.74, 6) is 0.301. The number of aryl methyl sites for hydroxylation is 1. The lowest BCUT2D eigenvalue weighted by atomic mass is 10.1. The van der Waals surface area contributed by atoms with Crippen molar-refractivity contribution in [1.29, 1.82) is 0 Å². The number of nitrogens with zero attached hydrogens (tertiary/aromatic N) is 1. The van der Waals surface area contributed by atoms with E-state index in [1.54, 1.807) is 25.3 Å². The summed E-state index contributed by atoms with van der Waals surface area (Å²) in [6, 6.07) is 4.94. The maximum Gasteiger partial charge on any atom is 0.243 e. The van der Waals surface area contributed by atoms with Gasteiger partial charge in [-0.3, -0.25) is 0 Å². The fourth-order valence-electron chi connectivity index (χ4n) is 1.92. The van der Waals surface area contributed by atoms with Crippen LogP contribution in [0.4, 0.5) is 0 Å². The minimum absolute atomic E-state index is 0.129. The van der Waals surface area contributed by atoms with Crippen molar-refractivity contribution in [2.24, 2.45) is 0 Å². The molecule has 0 saturated carbocycles. The van der Waals surface area contributed by atoms with Crippen LogP contribution in [0.2, 0.25) is 0 Å². The van der Waals surface area contributed by atoms with E-state index < -0.39 is 10.0 Å². The molecule has 20 heavy (non-hydrogen) atoms. The van der Waals surface area contributed by atoms with Crippen LogP contribution >= 0.6 is 11.6 Å². The van der Waals surface area contributed by atoms with Crippen molar-refractivity contribution in [3.05, 3.63) is 29.3 Å². The average molecular weight is 320 g/mol. The van der Waals surface area contributed by atoms with Gasteiger partial charge in [-0.25, -0.2) is 8.42 Å². The van der Waals surface area contributed by atoms with Gasteiger partial charge in [0.15, 0.2) is 0 Å². The molecule has 1 aromatic carbocycles. The van der Waals surface area contributed by atoms with Gasteiger partial charge in [-0.05, 0) is 44.0 Å². The molecular formula is C14H22ClNO3S. The maximum absolute atomic E-state index is 12.7. The van der Waals surface area contributed by atoms with Crippen LogP contribution in [0.5, 0.6) is 0 Å². The Morgan fingerprint density at radius 2 is 2.00 bits per heavy atom. The third-order valence-electron chi connectivity index (χ3n) is 3.16. The first-order chi connectivity index (χ1) is 9.34. The predicted octanol–water partition coefficient (Wildman–Crippen LogP) is 2.78. The Bertz CT molecular complexity index is 543. The first kappa shape index (κ1) is 17.4. The van der Waals surface area contributed by atoms with Crippen LogP contribution in [-0.4, -0.2) is 39.0 Å². The standard InChI is InChI=1S/C14H22ClNO3S/c1-11(2)16(7-8-19-4)20(17,18)14-6-5-12(3)13(9-14)10-15/h5-6,9,11H,7-8,10H2,1-4H3. The summed E-state index contributed by atoms with van der Waals surface area (Å²) < 4.78 is 31.8. The lowest BCUT2D eigenvalue weighted by Gasteiger charge is -2.26. The van der Waals surface area contributed by atoms with Crippen molar-refractivity contribution >= 4 is 21.6 Å². The van der Waals surface area contributed by atoms with E-state index >= 15 is 0 Å². The van der Waals surface area contributed by atoms with Crippen molar-refractivity contribution in [2.75, 3.05) is 20.3 Å². The minimum atomic E-state index is -3.53. The SMILES string of the molecule is COCCN(C(C)C)S(=O)(=O)c1ccc(C)c(CCl)c1. The molecule has 0 unspecified atom stereocenters. The third kappa shape index (κ3) is 3.95. The van der Waals surface area contributed by atoms with E-state index in [0.29, 0.717) is 19.0 Å². The number of benzene rings is 1. The molecule has 0 aromatic heterocycles. The third-order valence-corrected chi connectivity index (χ3v) is 5.52. The quantitative estimate of drug-likeness (QED) is 0.726. The highest BCUT2D eigenvalue weighted by atomic mass is 35.5. The topological polar surface area (TPSA) is 46.6 Å². The zero-order valence-corrected chi connectivity index (χ0v) is 14.0. The Balaban J connectivity index is 3.19. The second-order valence-corrected chi connectivity index (χ2v) is 7.08. The number of methoxy groups -OCH3 is 1. The van der Waals surface area contributed by atoms with E-state index in [1.165, 1.54) is 4.31 Å². The molecule has 0 saturated heterocycles. The zero-order chi connectivity index (χ0) is 15.3. The van der Waals surface area contributed by atoms with Crippen molar-refractivity contribution in [2.45, 2.75) is 37.6 Å². The molecule has 0 fully saturated rings. The molecule has 0 amide bonds. The zero-order valence-electron chi connectivity index (χ0n) is 12.4. The van der Waals surface area contributed by atoms with Gasteiger partial charge in [0.2, 0.25) is 10.0 Å². The Morgan fingerprint density at radius 3 is 2.50 bits per heavy atom. The number of ether oxygens (including phenoxy) is 1. The highest BCUT2D eigenvalue weighted by Crippen LogP contribution is 2.22. The summed E-state index contributed by atoms with van der Waals surface area (Å²) in [6.07, 6.45) is 0. The first-order valence-electron chi connectivity index (χ1n) is 6.50. The highest BCUT2D eigenvalue weighted by Gasteiger charge is 2.27. The van der Waals surface area contributed by atoms with Gasteiger partial charge < -0.3 is 4.74 Å². The Morgan fingerprint density at radius 1 is 1.35 bits per heavy atom. The smallest absolute Gasteiger partial charge is 0.243 e. The van der Waals surface area contributed by atoms with Crippen molar-refractivity contribution in [3.63, 3.8) is 0 Å². The van der Waals surface area contributed by atoms with E-state index in [1.807, 2.05) is 20.8 Å². The molecule has 0 N–H and O–H groups in total. The summed E-state index contributed by atoms with van der Waals surface area (Å²) in [5, 5.41) is 0. The van der Waals surface area contributed by atoms with E-state index in [4.69, 9.17) is 16.3 Å². The van der Waals surface area contributed by atoms with Crippen LogP contribution in [0.3, 0.4) is 0 Å². The molecule has 0 heterocycles. The molecule has 0 spiro atoms. The first-order valence-corrected chi connectivity index (χ1v) is 8.48. The molecule has 1 rings (SSSR count). The number of alkyl halides is 1. The van der Waals surface area contributed by atoms with Crippen LogP contribution < -0.4 is 0 Å². The molecule has 1 aromatic rings. The van der Waals surface area contributed by atoms with E-state index in [-0.39, 0.29) is 10.9 Å². The summed E-state index contributed by atoms with van der Waals surface area (Å²) >= 11 is 5.85. The van der Waals surface area contributed by atoms with Gasteiger partial charge in [0.25, 0.3) is 0 Å². The molecule has 0 aliphatic rings. The second-order valence-electron chi connectivity index (χ2n) is 4.92. The van der Waals surface area contributed by atoms with E-state index in [0.717, 1.165) is 11.1 Å². The van der Waals surface area contributed by atoms with E-state index in [9.17, 15) is 8.42 Å². The number of halogens is 1. The number of hydrogen-bond acceptors (Lipinski definition) is 3. The van der Waals surface area contributed by atoms with Crippen molar-refractivity contribution in [1.82, 2.24) is 4.31 Å². The molecule has 114 valence electrons. The fraction of sp³-hybridized carbons (Fsp3) is 0.571. The molecule has 4 nitrogen and oxygen atoms in total. The molecule has 0 bridgehead atoms. The van der Waals surface area contributed by atoms with Gasteiger partial charge in [-0.1, -0.05) is 6.07 Å². The van der Waals surface area contributed by atoms with Crippen LogP contribution in [0, 0.1) is 6.92 Å². The number of rotatable bonds is 7. The summed E-state index contributed by atoms with van der Waals surface area (Å²) in [4.78, 5) is 0.281. The molecule has 0 aliphatic carbocycles. The fourth-order valence-corrected chi connectivity index (χ4v) is 3.88. The minimum Gasteiger partial charge on any atom is -0.383 e. The Labute approximate surface area is 126 Å². The van der Waals surface area contributed by atoms with Gasteiger partial charge in [-0.15, -0.1) is 11.6 Å². The van der Waals surface area contributed by atoms with Crippen LogP contribution in [0.15, 0.2) is 23.1 Å². The Hall–Kier alpha value is -0.620. The molecular weight excluding hydrogens is 298 g/mol. The normalized spacial score (nSPS) is 12.3. The lowest BCUT2D eigenvalue weighted by molar-refractivity contribution is 0.171. The van der Waals surface area contributed by atoms with Crippen molar-refractivity contribution < 1.29 is 13.2 Å². The number of sulfonamides is 1. The molecule has 0 atom stereocenters. The largest absolute Gasteiger partial charge is 0.383 e.